The maximum atomic E-state index is 12.8. The SMILES string of the molecule is CC(C)(C)c1cc(NC(=O)c2ccc([N+](=O)[O-])cc2Cl)n(-c2ccc([N+](=O)[O-])cc2)n1. The molecule has 0 aliphatic rings. The Hall–Kier alpha value is -3.79. The number of hydrogen-bond acceptors (Lipinski definition) is 6. The van der Waals surface area contributed by atoms with E-state index in [1.807, 2.05) is 20.8 Å². The van der Waals surface area contributed by atoms with Gasteiger partial charge in [0.25, 0.3) is 17.3 Å². The van der Waals surface area contributed by atoms with E-state index in [0.717, 1.165) is 6.07 Å². The van der Waals surface area contributed by atoms with Crippen LogP contribution in [0.25, 0.3) is 5.69 Å². The van der Waals surface area contributed by atoms with Crippen LogP contribution in [0.5, 0.6) is 0 Å². The predicted octanol–water partition coefficient (Wildman–Crippen LogP) is 4.89. The summed E-state index contributed by atoms with van der Waals surface area (Å²) in [6.07, 6.45) is 0. The van der Waals surface area contributed by atoms with Gasteiger partial charge in [-0.1, -0.05) is 32.4 Å². The maximum Gasteiger partial charge on any atom is 0.270 e. The van der Waals surface area contributed by atoms with E-state index >= 15 is 0 Å². The molecule has 0 saturated heterocycles. The third kappa shape index (κ3) is 4.69. The minimum absolute atomic E-state index is 0.0565. The summed E-state index contributed by atoms with van der Waals surface area (Å²) in [5.74, 6) is -0.262. The molecule has 31 heavy (non-hydrogen) atoms. The monoisotopic (exact) mass is 443 g/mol. The van der Waals surface area contributed by atoms with Gasteiger partial charge >= 0.3 is 0 Å². The molecule has 10 nitrogen and oxygen atoms in total. The normalized spacial score (nSPS) is 11.2. The van der Waals surface area contributed by atoms with Crippen molar-refractivity contribution in [3.05, 3.63) is 85.0 Å². The number of nitro benzene ring substituents is 2. The highest BCUT2D eigenvalue weighted by molar-refractivity contribution is 6.34. The number of nitrogens with zero attached hydrogens (tertiary/aromatic N) is 4. The number of hydrogen-bond donors (Lipinski definition) is 1. The summed E-state index contributed by atoms with van der Waals surface area (Å²) in [5, 5.41) is 29.0. The molecule has 0 radical (unpaired) electrons. The van der Waals surface area contributed by atoms with Crippen LogP contribution in [-0.4, -0.2) is 25.5 Å². The molecule has 2 aromatic carbocycles. The molecule has 0 aliphatic heterocycles. The van der Waals surface area contributed by atoms with E-state index in [-0.39, 0.29) is 27.4 Å². The average Bonchev–Trinajstić information content (AvgIpc) is 3.12. The molecule has 0 spiro atoms. The van der Waals surface area contributed by atoms with Gasteiger partial charge in [0.1, 0.15) is 5.82 Å². The number of nitrogens with one attached hydrogen (secondary N) is 1. The average molecular weight is 444 g/mol. The van der Waals surface area contributed by atoms with Gasteiger partial charge in [0.05, 0.1) is 31.8 Å². The number of halogens is 1. The first-order chi connectivity index (χ1) is 14.5. The zero-order chi connectivity index (χ0) is 22.9. The van der Waals surface area contributed by atoms with Crippen LogP contribution in [0.1, 0.15) is 36.8 Å². The molecule has 1 N–H and O–H groups in total. The highest BCUT2D eigenvalue weighted by atomic mass is 35.5. The van der Waals surface area contributed by atoms with Gasteiger partial charge in [-0.2, -0.15) is 5.10 Å². The first kappa shape index (κ1) is 21.9. The first-order valence-electron chi connectivity index (χ1n) is 9.08. The third-order valence-corrected chi connectivity index (χ3v) is 4.75. The van der Waals surface area contributed by atoms with Crippen molar-refractivity contribution < 1.29 is 14.6 Å². The molecule has 0 atom stereocenters. The van der Waals surface area contributed by atoms with Gasteiger partial charge in [0.15, 0.2) is 0 Å². The van der Waals surface area contributed by atoms with Crippen molar-refractivity contribution in [2.75, 3.05) is 5.32 Å². The second-order valence-electron chi connectivity index (χ2n) is 7.73. The molecule has 160 valence electrons. The van der Waals surface area contributed by atoms with Crippen LogP contribution in [0, 0.1) is 20.2 Å². The van der Waals surface area contributed by atoms with E-state index in [1.165, 1.54) is 41.1 Å². The molecular formula is C20H18ClN5O5. The topological polar surface area (TPSA) is 133 Å². The molecule has 3 rings (SSSR count). The number of amides is 1. The zero-order valence-electron chi connectivity index (χ0n) is 16.8. The fourth-order valence-corrected chi connectivity index (χ4v) is 3.00. The molecule has 0 unspecified atom stereocenters. The third-order valence-electron chi connectivity index (χ3n) is 4.43. The summed E-state index contributed by atoms with van der Waals surface area (Å²) in [4.78, 5) is 33.5. The molecule has 0 aliphatic carbocycles. The Morgan fingerprint density at radius 3 is 2.10 bits per heavy atom. The highest BCUT2D eigenvalue weighted by Gasteiger charge is 2.23. The molecule has 0 fully saturated rings. The Labute approximate surface area is 181 Å². The summed E-state index contributed by atoms with van der Waals surface area (Å²) in [6, 6.07) is 11.0. The van der Waals surface area contributed by atoms with Gasteiger partial charge in [0.2, 0.25) is 0 Å². The van der Waals surface area contributed by atoms with Crippen LogP contribution >= 0.6 is 11.6 Å². The van der Waals surface area contributed by atoms with E-state index in [4.69, 9.17) is 11.6 Å². The molecule has 11 heteroatoms. The van der Waals surface area contributed by atoms with Gasteiger partial charge < -0.3 is 5.32 Å². The lowest BCUT2D eigenvalue weighted by molar-refractivity contribution is -0.385. The number of carbonyl (C=O) groups is 1. The minimum atomic E-state index is -0.604. The maximum absolute atomic E-state index is 12.8. The Balaban J connectivity index is 2.00. The zero-order valence-corrected chi connectivity index (χ0v) is 17.6. The van der Waals surface area contributed by atoms with Crippen molar-refractivity contribution >= 4 is 34.7 Å². The standard InChI is InChI=1S/C20H18ClN5O5/c1-20(2,3)17-11-18(24(23-17)12-4-6-13(7-5-12)25(28)29)22-19(27)15-9-8-14(26(30)31)10-16(15)21/h4-11H,1-3H3,(H,22,27). The van der Waals surface area contributed by atoms with Crippen LogP contribution in [0.15, 0.2) is 48.5 Å². The molecule has 0 bridgehead atoms. The second-order valence-corrected chi connectivity index (χ2v) is 8.13. The summed E-state index contributed by atoms with van der Waals surface area (Å²) in [7, 11) is 0. The first-order valence-corrected chi connectivity index (χ1v) is 9.46. The fraction of sp³-hybridized carbons (Fsp3) is 0.200. The number of anilines is 1. The van der Waals surface area contributed by atoms with Gasteiger partial charge in [-0.15, -0.1) is 0 Å². The molecule has 1 aromatic heterocycles. The van der Waals surface area contributed by atoms with Crippen molar-refractivity contribution in [2.45, 2.75) is 26.2 Å². The number of non-ortho nitro benzene ring substituents is 2. The fourth-order valence-electron chi connectivity index (χ4n) is 2.73. The highest BCUT2D eigenvalue weighted by Crippen LogP contribution is 2.28. The number of rotatable bonds is 5. The summed E-state index contributed by atoms with van der Waals surface area (Å²) >= 11 is 6.06. The van der Waals surface area contributed by atoms with Crippen molar-refractivity contribution in [3.8, 4) is 5.69 Å². The summed E-state index contributed by atoms with van der Waals surface area (Å²) < 4.78 is 1.46. The molecule has 1 amide bonds. The van der Waals surface area contributed by atoms with Crippen LogP contribution in [-0.2, 0) is 5.41 Å². The molecule has 3 aromatic rings. The van der Waals surface area contributed by atoms with Crippen molar-refractivity contribution in [1.82, 2.24) is 9.78 Å². The Bertz CT molecular complexity index is 1180. The van der Waals surface area contributed by atoms with Crippen LogP contribution < -0.4 is 5.32 Å². The molecule has 0 saturated carbocycles. The lowest BCUT2D eigenvalue weighted by Gasteiger charge is -2.14. The number of aromatic nitrogens is 2. The van der Waals surface area contributed by atoms with Gasteiger partial charge in [-0.05, 0) is 18.2 Å². The number of benzene rings is 2. The Morgan fingerprint density at radius 1 is 1.00 bits per heavy atom. The van der Waals surface area contributed by atoms with Gasteiger partial charge in [-0.3, -0.25) is 25.0 Å². The number of carbonyl (C=O) groups excluding carboxylic acids is 1. The van der Waals surface area contributed by atoms with E-state index in [1.54, 1.807) is 6.07 Å². The number of nitro groups is 2. The van der Waals surface area contributed by atoms with Crippen LogP contribution in [0.2, 0.25) is 5.02 Å². The van der Waals surface area contributed by atoms with Crippen LogP contribution in [0.4, 0.5) is 17.2 Å². The Morgan fingerprint density at radius 2 is 1.58 bits per heavy atom. The van der Waals surface area contributed by atoms with Gasteiger partial charge in [0, 0.05) is 35.7 Å². The van der Waals surface area contributed by atoms with E-state index in [9.17, 15) is 25.0 Å². The van der Waals surface area contributed by atoms with E-state index in [0.29, 0.717) is 17.2 Å². The molecule has 1 heterocycles. The van der Waals surface area contributed by atoms with Gasteiger partial charge in [-0.25, -0.2) is 4.68 Å². The van der Waals surface area contributed by atoms with Crippen molar-refractivity contribution in [1.29, 1.82) is 0 Å². The van der Waals surface area contributed by atoms with E-state index in [2.05, 4.69) is 10.4 Å². The smallest absolute Gasteiger partial charge is 0.270 e. The second kappa shape index (κ2) is 8.15. The molecular weight excluding hydrogens is 426 g/mol. The largest absolute Gasteiger partial charge is 0.306 e. The lowest BCUT2D eigenvalue weighted by atomic mass is 9.92. The minimum Gasteiger partial charge on any atom is -0.306 e. The summed E-state index contributed by atoms with van der Waals surface area (Å²) in [6.45, 7) is 5.86. The van der Waals surface area contributed by atoms with Crippen LogP contribution in [0.3, 0.4) is 0 Å². The Kier molecular flexibility index (Phi) is 5.76. The van der Waals surface area contributed by atoms with Crippen molar-refractivity contribution in [3.63, 3.8) is 0 Å². The lowest BCUT2D eigenvalue weighted by Crippen LogP contribution is -2.15. The predicted molar refractivity (Wildman–Crippen MR) is 115 cm³/mol. The van der Waals surface area contributed by atoms with Crippen molar-refractivity contribution in [2.24, 2.45) is 0 Å². The summed E-state index contributed by atoms with van der Waals surface area (Å²) in [5.41, 5.74) is 0.599. The van der Waals surface area contributed by atoms with E-state index < -0.39 is 15.8 Å². The quantitative estimate of drug-likeness (QED) is 0.440.